The van der Waals surface area contributed by atoms with E-state index in [4.69, 9.17) is 0 Å². The van der Waals surface area contributed by atoms with Crippen LogP contribution in [-0.4, -0.2) is 38.4 Å². The van der Waals surface area contributed by atoms with Crippen molar-refractivity contribution in [3.63, 3.8) is 0 Å². The lowest BCUT2D eigenvalue weighted by Gasteiger charge is -2.35. The molecule has 194 valence electrons. The number of likely N-dealkylation sites (tertiary alicyclic amines) is 1. The summed E-state index contributed by atoms with van der Waals surface area (Å²) in [5, 5.41) is 0.558. The number of carbonyl (C=O) groups excluding carboxylic acids is 1. The molecular formula is C25H28ClF4N5O. The van der Waals surface area contributed by atoms with Gasteiger partial charge >= 0.3 is 6.18 Å². The van der Waals surface area contributed by atoms with E-state index in [9.17, 15) is 18.0 Å². The lowest BCUT2D eigenvalue weighted by Crippen LogP contribution is -2.42. The fourth-order valence-corrected chi connectivity index (χ4v) is 4.63. The first-order valence-corrected chi connectivity index (χ1v) is 11.4. The summed E-state index contributed by atoms with van der Waals surface area (Å²) in [7, 11) is 1.78. The number of pyridine rings is 1. The van der Waals surface area contributed by atoms with E-state index in [1.807, 2.05) is 0 Å². The molecule has 0 bridgehead atoms. The highest BCUT2D eigenvalue weighted by molar-refractivity contribution is 5.85. The summed E-state index contributed by atoms with van der Waals surface area (Å²) in [4.78, 5) is 26.6. The summed E-state index contributed by atoms with van der Waals surface area (Å²) < 4.78 is 57.8. The fraction of sp³-hybridized carbons (Fsp3) is 0.440. The van der Waals surface area contributed by atoms with Crippen molar-refractivity contribution < 1.29 is 22.4 Å². The van der Waals surface area contributed by atoms with Gasteiger partial charge in [0.15, 0.2) is 11.2 Å². The Hall–Kier alpha value is -3.01. The molecule has 0 N–H and O–H groups in total. The molecule has 0 spiro atoms. The van der Waals surface area contributed by atoms with Gasteiger partial charge in [0.1, 0.15) is 0 Å². The number of alkyl halides is 4. The minimum Gasteiger partial charge on any atom is -0.343 e. The topological polar surface area (TPSA) is 63.4 Å². The number of aromatic nitrogens is 3. The van der Waals surface area contributed by atoms with E-state index in [0.29, 0.717) is 35.0 Å². The van der Waals surface area contributed by atoms with Gasteiger partial charge in [-0.2, -0.15) is 13.2 Å². The lowest BCUT2D eigenvalue weighted by atomic mass is 9.89. The number of hydrogen-bond donors (Lipinski definition) is 0. The predicted octanol–water partition coefficient (Wildman–Crippen LogP) is 5.19. The third-order valence-corrected chi connectivity index (χ3v) is 6.76. The molecule has 1 saturated heterocycles. The van der Waals surface area contributed by atoms with Crippen LogP contribution in [0.25, 0.3) is 10.9 Å². The van der Waals surface area contributed by atoms with Crippen molar-refractivity contribution in [3.05, 3.63) is 64.7 Å². The van der Waals surface area contributed by atoms with Gasteiger partial charge in [0.2, 0.25) is 5.91 Å². The van der Waals surface area contributed by atoms with Crippen molar-refractivity contribution in [1.29, 1.82) is 0 Å². The highest BCUT2D eigenvalue weighted by atomic mass is 35.5. The third-order valence-electron chi connectivity index (χ3n) is 6.76. The van der Waals surface area contributed by atoms with Crippen molar-refractivity contribution in [2.75, 3.05) is 13.1 Å². The Morgan fingerprint density at radius 1 is 1.19 bits per heavy atom. The SMILES string of the molecule is CC(=O)N1CCC(F)(c2cc3/c(=N/C(C)c4cccc(C(F)(F)F)c4C)ncn(C)c3cn2)CC1.Cl. The molecule has 11 heteroatoms. The minimum atomic E-state index is -4.46. The molecule has 0 saturated carbocycles. The van der Waals surface area contributed by atoms with Crippen LogP contribution in [0.1, 0.15) is 55.1 Å². The summed E-state index contributed by atoms with van der Waals surface area (Å²) in [5.41, 5.74) is -0.636. The average molecular weight is 526 g/mol. The van der Waals surface area contributed by atoms with Gasteiger partial charge < -0.3 is 9.47 Å². The van der Waals surface area contributed by atoms with E-state index in [1.165, 1.54) is 19.9 Å². The zero-order valence-corrected chi connectivity index (χ0v) is 21.3. The van der Waals surface area contributed by atoms with Crippen LogP contribution in [0.3, 0.4) is 0 Å². The molecule has 0 radical (unpaired) electrons. The zero-order chi connectivity index (χ0) is 25.5. The van der Waals surface area contributed by atoms with E-state index in [0.717, 1.165) is 6.07 Å². The first kappa shape index (κ1) is 27.6. The Morgan fingerprint density at radius 3 is 2.47 bits per heavy atom. The molecule has 1 amide bonds. The molecule has 1 aliphatic rings. The third kappa shape index (κ3) is 5.23. The van der Waals surface area contributed by atoms with Crippen LogP contribution in [0.4, 0.5) is 17.6 Å². The normalized spacial score (nSPS) is 17.1. The summed E-state index contributed by atoms with van der Waals surface area (Å²) in [6.07, 6.45) is -1.10. The summed E-state index contributed by atoms with van der Waals surface area (Å²) in [6, 6.07) is 5.05. The number of benzene rings is 1. The summed E-state index contributed by atoms with van der Waals surface area (Å²) >= 11 is 0. The number of nitrogens with zero attached hydrogens (tertiary/aromatic N) is 5. The van der Waals surface area contributed by atoms with Gasteiger partial charge in [-0.1, -0.05) is 12.1 Å². The van der Waals surface area contributed by atoms with Gasteiger partial charge in [0.25, 0.3) is 0 Å². The number of rotatable bonds is 3. The van der Waals surface area contributed by atoms with Crippen LogP contribution in [-0.2, 0) is 23.7 Å². The maximum absolute atomic E-state index is 15.9. The van der Waals surface area contributed by atoms with Crippen LogP contribution >= 0.6 is 12.4 Å². The summed E-state index contributed by atoms with van der Waals surface area (Å²) in [6.45, 7) is 5.21. The fourth-order valence-electron chi connectivity index (χ4n) is 4.63. The quantitative estimate of drug-likeness (QED) is 0.442. The molecule has 36 heavy (non-hydrogen) atoms. The van der Waals surface area contributed by atoms with Crippen molar-refractivity contribution >= 4 is 29.2 Å². The molecule has 1 fully saturated rings. The molecule has 3 aromatic rings. The monoisotopic (exact) mass is 525 g/mol. The first-order chi connectivity index (χ1) is 16.4. The Balaban J connectivity index is 0.00000361. The van der Waals surface area contributed by atoms with Crippen molar-refractivity contribution in [2.45, 2.75) is 51.5 Å². The second-order valence-corrected chi connectivity index (χ2v) is 9.06. The largest absolute Gasteiger partial charge is 0.416 e. The minimum absolute atomic E-state index is 0. The first-order valence-electron chi connectivity index (χ1n) is 11.4. The van der Waals surface area contributed by atoms with E-state index >= 15 is 4.39 Å². The van der Waals surface area contributed by atoms with E-state index in [2.05, 4.69) is 15.0 Å². The number of amides is 1. The zero-order valence-electron chi connectivity index (χ0n) is 20.4. The standard InChI is InChI=1S/C25H27F4N5O.ClH/c1-15-18(6-5-7-20(15)25(27,28)29)16(2)32-23-19-12-22(30-13-21(19)33(4)14-31-23)24(26)8-10-34(11-9-24)17(3)35;/h5-7,12-14,16H,8-11H2,1-4H3;1H/b32-23-;. The van der Waals surface area contributed by atoms with Crippen LogP contribution in [0.5, 0.6) is 0 Å². The maximum atomic E-state index is 15.9. The number of fused-ring (bicyclic) bond motifs is 1. The van der Waals surface area contributed by atoms with Crippen LogP contribution in [0.15, 0.2) is 41.8 Å². The second-order valence-electron chi connectivity index (χ2n) is 9.06. The smallest absolute Gasteiger partial charge is 0.343 e. The highest BCUT2D eigenvalue weighted by Gasteiger charge is 2.38. The van der Waals surface area contributed by atoms with Gasteiger partial charge in [-0.15, -0.1) is 12.4 Å². The van der Waals surface area contributed by atoms with Gasteiger partial charge in [-0.3, -0.25) is 14.8 Å². The number of piperidine rings is 1. The molecule has 1 aromatic carbocycles. The molecule has 0 aliphatic carbocycles. The Morgan fingerprint density at radius 2 is 1.86 bits per heavy atom. The number of aryl methyl sites for hydroxylation is 1. The highest BCUT2D eigenvalue weighted by Crippen LogP contribution is 2.37. The van der Waals surface area contributed by atoms with Gasteiger partial charge in [0, 0.05) is 45.3 Å². The van der Waals surface area contributed by atoms with E-state index in [-0.39, 0.29) is 42.4 Å². The molecule has 3 heterocycles. The van der Waals surface area contributed by atoms with Crippen molar-refractivity contribution in [2.24, 2.45) is 12.0 Å². The molecule has 4 rings (SSSR count). The van der Waals surface area contributed by atoms with E-state index in [1.54, 1.807) is 48.1 Å². The number of halogens is 5. The van der Waals surface area contributed by atoms with Crippen molar-refractivity contribution in [1.82, 2.24) is 19.4 Å². The number of carbonyl (C=O) groups is 1. The Bertz CT molecular complexity index is 1350. The van der Waals surface area contributed by atoms with Gasteiger partial charge in [-0.05, 0) is 37.1 Å². The van der Waals surface area contributed by atoms with E-state index < -0.39 is 23.5 Å². The number of hydrogen-bond acceptors (Lipinski definition) is 4. The average Bonchev–Trinajstić information content (AvgIpc) is 2.80. The van der Waals surface area contributed by atoms with Crippen LogP contribution in [0, 0.1) is 6.92 Å². The molecule has 2 aromatic heterocycles. The molecular weight excluding hydrogens is 498 g/mol. The Kier molecular flexibility index (Phi) is 7.78. The lowest BCUT2D eigenvalue weighted by molar-refractivity contribution is -0.138. The Labute approximate surface area is 212 Å². The predicted molar refractivity (Wildman–Crippen MR) is 130 cm³/mol. The van der Waals surface area contributed by atoms with Crippen LogP contribution < -0.4 is 5.49 Å². The summed E-state index contributed by atoms with van der Waals surface area (Å²) in [5.74, 6) is -0.0882. The second kappa shape index (κ2) is 10.2. The maximum Gasteiger partial charge on any atom is 0.416 e. The van der Waals surface area contributed by atoms with Crippen molar-refractivity contribution in [3.8, 4) is 0 Å². The molecule has 1 atom stereocenters. The van der Waals surface area contributed by atoms with Gasteiger partial charge in [-0.25, -0.2) is 9.37 Å². The van der Waals surface area contributed by atoms with Gasteiger partial charge in [0.05, 0.1) is 35.3 Å². The molecule has 6 nitrogen and oxygen atoms in total. The molecule has 1 aliphatic heterocycles. The molecule has 1 unspecified atom stereocenters. The van der Waals surface area contributed by atoms with Crippen LogP contribution in [0.2, 0.25) is 0 Å².